The van der Waals surface area contributed by atoms with Crippen LogP contribution >= 0.6 is 12.2 Å². The molecule has 166 valence electrons. The van der Waals surface area contributed by atoms with Gasteiger partial charge in [0.2, 0.25) is 0 Å². The van der Waals surface area contributed by atoms with Crippen molar-refractivity contribution in [1.82, 2.24) is 14.9 Å². The highest BCUT2D eigenvalue weighted by Gasteiger charge is 2.42. The fourth-order valence-electron chi connectivity index (χ4n) is 4.45. The third-order valence-electron chi connectivity index (χ3n) is 5.89. The smallest absolute Gasteiger partial charge is 0.174 e. The molecular formula is C27H26N4OS. The van der Waals surface area contributed by atoms with Crippen LogP contribution in [0.25, 0.3) is 5.69 Å². The van der Waals surface area contributed by atoms with Gasteiger partial charge in [-0.05, 0) is 92.3 Å². The molecule has 1 N–H and O–H groups in total. The first-order valence-corrected chi connectivity index (χ1v) is 11.5. The lowest BCUT2D eigenvalue weighted by Gasteiger charge is -2.29. The van der Waals surface area contributed by atoms with Crippen LogP contribution in [0.2, 0.25) is 0 Å². The molecule has 5 nitrogen and oxygen atoms in total. The average molecular weight is 455 g/mol. The normalized spacial score (nSPS) is 17.8. The van der Waals surface area contributed by atoms with Crippen molar-refractivity contribution in [2.24, 2.45) is 0 Å². The van der Waals surface area contributed by atoms with Crippen molar-refractivity contribution in [3.05, 3.63) is 108 Å². The zero-order chi connectivity index (χ0) is 22.8. The number of aryl methyl sites for hydroxylation is 1. The topological polar surface area (TPSA) is 42.3 Å². The summed E-state index contributed by atoms with van der Waals surface area (Å²) in [6, 6.07) is 26.7. The minimum absolute atomic E-state index is 0.0734. The van der Waals surface area contributed by atoms with Gasteiger partial charge in [-0.3, -0.25) is 4.98 Å². The van der Waals surface area contributed by atoms with Gasteiger partial charge in [0.05, 0.1) is 18.3 Å². The van der Waals surface area contributed by atoms with Crippen molar-refractivity contribution < 1.29 is 4.74 Å². The van der Waals surface area contributed by atoms with Crippen LogP contribution in [0.1, 0.15) is 36.0 Å². The predicted molar refractivity (Wildman–Crippen MR) is 136 cm³/mol. The molecular weight excluding hydrogens is 428 g/mol. The number of pyridine rings is 1. The van der Waals surface area contributed by atoms with Crippen LogP contribution in [0.5, 0.6) is 5.75 Å². The van der Waals surface area contributed by atoms with E-state index in [-0.39, 0.29) is 12.1 Å². The molecule has 1 fully saturated rings. The van der Waals surface area contributed by atoms with E-state index in [1.165, 1.54) is 5.56 Å². The van der Waals surface area contributed by atoms with Crippen LogP contribution in [0.15, 0.2) is 91.3 Å². The number of nitrogens with zero attached hydrogens (tertiary/aromatic N) is 3. The summed E-state index contributed by atoms with van der Waals surface area (Å²) in [5.74, 6) is 0.867. The highest BCUT2D eigenvalue weighted by atomic mass is 32.1. The molecule has 0 amide bonds. The molecule has 0 bridgehead atoms. The Morgan fingerprint density at radius 3 is 2.55 bits per heavy atom. The zero-order valence-electron chi connectivity index (χ0n) is 18.7. The highest BCUT2D eigenvalue weighted by molar-refractivity contribution is 7.80. The van der Waals surface area contributed by atoms with Crippen molar-refractivity contribution in [2.45, 2.75) is 25.9 Å². The summed E-state index contributed by atoms with van der Waals surface area (Å²) in [7, 11) is 0. The molecule has 4 aromatic rings. The summed E-state index contributed by atoms with van der Waals surface area (Å²) >= 11 is 5.86. The molecule has 1 aliphatic heterocycles. The number of nitrogens with one attached hydrogen (secondary N) is 1. The van der Waals surface area contributed by atoms with Crippen LogP contribution in [-0.4, -0.2) is 21.3 Å². The van der Waals surface area contributed by atoms with Gasteiger partial charge < -0.3 is 19.5 Å². The van der Waals surface area contributed by atoms with Gasteiger partial charge in [0.25, 0.3) is 0 Å². The summed E-state index contributed by atoms with van der Waals surface area (Å²) in [5.41, 5.74) is 5.41. The van der Waals surface area contributed by atoms with Gasteiger partial charge in [0.1, 0.15) is 11.8 Å². The molecule has 2 aromatic carbocycles. The Kier molecular flexibility index (Phi) is 5.84. The van der Waals surface area contributed by atoms with Gasteiger partial charge in [-0.1, -0.05) is 18.2 Å². The fraction of sp³-hybridized carbons (Fsp3) is 0.185. The van der Waals surface area contributed by atoms with Crippen LogP contribution in [-0.2, 0) is 0 Å². The molecule has 33 heavy (non-hydrogen) atoms. The lowest BCUT2D eigenvalue weighted by atomic mass is 10.0. The molecule has 2 atom stereocenters. The number of aromatic nitrogens is 2. The maximum absolute atomic E-state index is 5.86. The molecule has 6 heteroatoms. The molecule has 0 spiro atoms. The van der Waals surface area contributed by atoms with E-state index in [2.05, 4.69) is 87.5 Å². The number of ether oxygens (including phenoxy) is 1. The number of thiocarbonyl (C=S) groups is 1. The Morgan fingerprint density at radius 1 is 0.970 bits per heavy atom. The molecule has 1 saturated heterocycles. The Labute approximate surface area is 199 Å². The van der Waals surface area contributed by atoms with E-state index in [4.69, 9.17) is 17.0 Å². The van der Waals surface area contributed by atoms with Crippen LogP contribution < -0.4 is 15.0 Å². The largest absolute Gasteiger partial charge is 0.494 e. The summed E-state index contributed by atoms with van der Waals surface area (Å²) in [6.07, 6.45) is 3.92. The molecule has 1 aliphatic rings. The number of benzene rings is 2. The summed E-state index contributed by atoms with van der Waals surface area (Å²) in [4.78, 5) is 6.87. The van der Waals surface area contributed by atoms with E-state index in [0.29, 0.717) is 11.7 Å². The maximum atomic E-state index is 5.86. The van der Waals surface area contributed by atoms with E-state index in [1.54, 1.807) is 0 Å². The summed E-state index contributed by atoms with van der Waals surface area (Å²) in [6.45, 7) is 4.74. The van der Waals surface area contributed by atoms with Crippen molar-refractivity contribution >= 4 is 23.0 Å². The number of rotatable bonds is 6. The van der Waals surface area contributed by atoms with Gasteiger partial charge in [0, 0.05) is 29.5 Å². The van der Waals surface area contributed by atoms with Crippen LogP contribution in [0.4, 0.5) is 5.69 Å². The quantitative estimate of drug-likeness (QED) is 0.376. The van der Waals surface area contributed by atoms with E-state index in [9.17, 15) is 0 Å². The van der Waals surface area contributed by atoms with Gasteiger partial charge in [0.15, 0.2) is 5.11 Å². The highest BCUT2D eigenvalue weighted by Crippen LogP contribution is 2.42. The fourth-order valence-corrected chi connectivity index (χ4v) is 4.80. The summed E-state index contributed by atoms with van der Waals surface area (Å²) in [5, 5.41) is 4.24. The van der Waals surface area contributed by atoms with Crippen molar-refractivity contribution in [3.8, 4) is 11.4 Å². The van der Waals surface area contributed by atoms with Gasteiger partial charge in [-0.15, -0.1) is 0 Å². The first kappa shape index (κ1) is 21.2. The maximum Gasteiger partial charge on any atom is 0.174 e. The molecule has 0 saturated carbocycles. The number of hydrogen-bond acceptors (Lipinski definition) is 3. The average Bonchev–Trinajstić information content (AvgIpc) is 3.44. The molecule has 0 radical (unpaired) electrons. The van der Waals surface area contributed by atoms with Crippen molar-refractivity contribution in [1.29, 1.82) is 0 Å². The minimum Gasteiger partial charge on any atom is -0.494 e. The summed E-state index contributed by atoms with van der Waals surface area (Å²) < 4.78 is 7.85. The van der Waals surface area contributed by atoms with E-state index in [0.717, 1.165) is 28.5 Å². The third-order valence-corrected chi connectivity index (χ3v) is 6.20. The Bertz CT molecular complexity index is 1250. The first-order valence-electron chi connectivity index (χ1n) is 11.1. The predicted octanol–water partition coefficient (Wildman–Crippen LogP) is 5.76. The van der Waals surface area contributed by atoms with Crippen LogP contribution in [0, 0.1) is 6.92 Å². The molecule has 0 aliphatic carbocycles. The van der Waals surface area contributed by atoms with E-state index in [1.807, 2.05) is 37.4 Å². The second-order valence-corrected chi connectivity index (χ2v) is 8.45. The lowest BCUT2D eigenvalue weighted by Crippen LogP contribution is -2.30. The number of anilines is 1. The van der Waals surface area contributed by atoms with E-state index < -0.39 is 0 Å². The SMILES string of the molecule is CCOc1ccc(-n2cccc2[C@H]2[C@H](c3ccccn3)NC(=S)N2c2cccc(C)c2)cc1. The molecule has 0 unspecified atom stereocenters. The van der Waals surface area contributed by atoms with Crippen molar-refractivity contribution in [2.75, 3.05) is 11.5 Å². The molecule has 3 heterocycles. The van der Waals surface area contributed by atoms with Crippen molar-refractivity contribution in [3.63, 3.8) is 0 Å². The Morgan fingerprint density at radius 2 is 1.82 bits per heavy atom. The Balaban J connectivity index is 1.62. The second-order valence-electron chi connectivity index (χ2n) is 8.07. The van der Waals surface area contributed by atoms with E-state index >= 15 is 0 Å². The second kappa shape index (κ2) is 9.08. The standard InChI is InChI=1S/C27H26N4OS/c1-3-32-22-14-12-20(13-15-22)30-17-7-11-24(30)26-25(23-10-4-5-16-28-23)29-27(33)31(26)21-9-6-8-19(2)18-21/h4-18,25-26H,3H2,1-2H3,(H,29,33)/t25-,26-/m0/s1. The van der Waals surface area contributed by atoms with Gasteiger partial charge in [-0.25, -0.2) is 0 Å². The Hall–Kier alpha value is -3.64. The lowest BCUT2D eigenvalue weighted by molar-refractivity contribution is 0.340. The number of hydrogen-bond donors (Lipinski definition) is 1. The van der Waals surface area contributed by atoms with Crippen LogP contribution in [0.3, 0.4) is 0 Å². The minimum atomic E-state index is -0.0874. The molecule has 2 aromatic heterocycles. The third kappa shape index (κ3) is 4.10. The van der Waals surface area contributed by atoms with Gasteiger partial charge in [-0.2, -0.15) is 0 Å². The zero-order valence-corrected chi connectivity index (χ0v) is 19.5. The molecule has 5 rings (SSSR count). The van der Waals surface area contributed by atoms with Gasteiger partial charge >= 0.3 is 0 Å². The monoisotopic (exact) mass is 454 g/mol. The first-order chi connectivity index (χ1) is 16.2.